The van der Waals surface area contributed by atoms with Gasteiger partial charge < -0.3 is 45.7 Å². The molecule has 4 aromatic rings. The SMILES string of the molecule is CC[C@@]1(O)C(=O)OCc2c1cc1n(c2=O)Cc2c-1nc1cc(F)c(C)c3c1c2[C@@H](NC(=O)CCCNC(=O)CCC(=O)[C@H](Cc1ccccc1)NC(=O)CCC(=O)CNC(=O)CCNC(=O)[C@H](CCC(=O)OC(C)(C)C)N1C(=O)C=CC1=O)CC3. The number of aromatic nitrogens is 2. The summed E-state index contributed by atoms with van der Waals surface area (Å²) in [6.45, 7) is 7.45. The van der Waals surface area contributed by atoms with Crippen molar-refractivity contribution >= 4 is 75.8 Å². The highest BCUT2D eigenvalue weighted by molar-refractivity contribution is 6.15. The molecule has 2 aromatic carbocycles. The number of cyclic esters (lactones) is 1. The number of esters is 2. The van der Waals surface area contributed by atoms with Crippen molar-refractivity contribution in [1.82, 2.24) is 41.0 Å². The van der Waals surface area contributed by atoms with E-state index in [0.717, 1.165) is 28.2 Å². The number of ether oxygens (including phenoxy) is 2. The summed E-state index contributed by atoms with van der Waals surface area (Å²) in [6, 6.07) is 8.80. The number of ketones is 2. The van der Waals surface area contributed by atoms with Crippen LogP contribution in [0.5, 0.6) is 0 Å². The smallest absolute Gasteiger partial charge is 0.343 e. The lowest BCUT2D eigenvalue weighted by Gasteiger charge is -2.31. The molecule has 0 saturated heterocycles. The first-order valence-corrected chi connectivity index (χ1v) is 28.4. The molecule has 1 aliphatic carbocycles. The normalized spacial score (nSPS) is 17.2. The minimum atomic E-state index is -2.05. The third-order valence-corrected chi connectivity index (χ3v) is 15.5. The summed E-state index contributed by atoms with van der Waals surface area (Å²) >= 11 is 0. The number of fused-ring (bicyclic) bond motifs is 5. The highest BCUT2D eigenvalue weighted by Crippen LogP contribution is 2.46. The third-order valence-electron chi connectivity index (χ3n) is 15.5. The quantitative estimate of drug-likeness (QED) is 0.0263. The number of rotatable bonds is 26. The number of halogens is 1. The Morgan fingerprint density at radius 1 is 0.835 bits per heavy atom. The van der Waals surface area contributed by atoms with Crippen LogP contribution >= 0.6 is 0 Å². The summed E-state index contributed by atoms with van der Waals surface area (Å²) in [5, 5.41) is 25.5. The van der Waals surface area contributed by atoms with Crippen LogP contribution in [-0.4, -0.2) is 122 Å². The predicted octanol–water partition coefficient (Wildman–Crippen LogP) is 2.99. The molecule has 3 aliphatic heterocycles. The monoisotopic (exact) mass is 1170 g/mol. The molecule has 5 heterocycles. The first-order chi connectivity index (χ1) is 40.4. The maximum Gasteiger partial charge on any atom is 0.343 e. The van der Waals surface area contributed by atoms with Gasteiger partial charge in [0.1, 0.15) is 24.1 Å². The Morgan fingerprint density at radius 2 is 1.54 bits per heavy atom. The van der Waals surface area contributed by atoms with Crippen LogP contribution < -0.4 is 32.1 Å². The van der Waals surface area contributed by atoms with E-state index in [9.17, 15) is 62.6 Å². The van der Waals surface area contributed by atoms with Gasteiger partial charge in [0.15, 0.2) is 17.2 Å². The van der Waals surface area contributed by atoms with Crippen molar-refractivity contribution in [2.45, 2.75) is 161 Å². The number of hydrogen-bond donors (Lipinski definition) is 6. The third kappa shape index (κ3) is 14.4. The van der Waals surface area contributed by atoms with Crippen molar-refractivity contribution in [2.75, 3.05) is 19.6 Å². The molecule has 0 saturated carbocycles. The Bertz CT molecular complexity index is 3480. The number of carbonyl (C=O) groups excluding carboxylic acids is 11. The first kappa shape index (κ1) is 62.3. The number of carbonyl (C=O) groups is 11. The number of amides is 7. The standard InChI is InChI=1S/C61H69FN8O15/c1-6-61(83)39-28-45-56-37(31-69(45)58(81)38(39)32-84-59(61)82)55-41(16-15-36-33(2)40(62)29-43(68-56)54(36)55)66-49(75)13-10-25-63-47(73)20-18-46(72)42(27-34-11-8-7-9-12-34)67-50(76)19-14-35(71)30-65-48(74)24-26-64-57(80)44(70-51(77)21-22-52(70)78)17-23-53(79)85-60(3,4)5/h7-9,11-12,21-22,28-29,41-42,44,83H,6,10,13-20,23-27,30-32H2,1-5H3,(H,63,73)(H,64,80)(H,65,74)(H,66,75)(H,67,76)/t41-,42-,44-,61-/m0/s1. The highest BCUT2D eigenvalue weighted by Gasteiger charge is 2.46. The van der Waals surface area contributed by atoms with Gasteiger partial charge in [-0.15, -0.1) is 0 Å². The molecule has 2 aromatic heterocycles. The Labute approximate surface area is 488 Å². The Kier molecular flexibility index (Phi) is 19.3. The van der Waals surface area contributed by atoms with E-state index in [4.69, 9.17) is 14.5 Å². The number of aryl methyl sites for hydroxylation is 1. The minimum absolute atomic E-state index is 0.00554. The summed E-state index contributed by atoms with van der Waals surface area (Å²) < 4.78 is 27.4. The highest BCUT2D eigenvalue weighted by atomic mass is 19.1. The van der Waals surface area contributed by atoms with E-state index in [1.807, 2.05) is 0 Å². The van der Waals surface area contributed by atoms with Crippen molar-refractivity contribution in [1.29, 1.82) is 0 Å². The zero-order valence-corrected chi connectivity index (χ0v) is 48.0. The van der Waals surface area contributed by atoms with E-state index in [1.54, 1.807) is 71.0 Å². The molecule has 0 unspecified atom stereocenters. The number of pyridine rings is 2. The van der Waals surface area contributed by atoms with Gasteiger partial charge in [-0.05, 0) is 94.5 Å². The summed E-state index contributed by atoms with van der Waals surface area (Å²) in [5.74, 6) is -7.21. The maximum absolute atomic E-state index is 15.4. The molecule has 6 N–H and O–H groups in total. The van der Waals surface area contributed by atoms with Crippen molar-refractivity contribution in [3.8, 4) is 11.4 Å². The van der Waals surface area contributed by atoms with Gasteiger partial charge in [-0.25, -0.2) is 14.2 Å². The zero-order valence-electron chi connectivity index (χ0n) is 48.0. The van der Waals surface area contributed by atoms with E-state index >= 15 is 4.39 Å². The Balaban J connectivity index is 0.787. The molecular formula is C61H69FN8O15. The molecule has 8 rings (SSSR count). The molecule has 0 spiro atoms. The van der Waals surface area contributed by atoms with Crippen molar-refractivity contribution in [3.05, 3.63) is 110 Å². The zero-order chi connectivity index (χ0) is 61.5. The largest absolute Gasteiger partial charge is 0.460 e. The van der Waals surface area contributed by atoms with Crippen LogP contribution in [-0.2, 0) is 93.8 Å². The Morgan fingerprint density at radius 3 is 2.25 bits per heavy atom. The molecule has 4 aliphatic rings. The van der Waals surface area contributed by atoms with Crippen molar-refractivity contribution < 1.29 is 71.7 Å². The molecule has 0 fully saturated rings. The molecule has 24 heteroatoms. The second-order valence-electron chi connectivity index (χ2n) is 22.6. The molecule has 450 valence electrons. The summed E-state index contributed by atoms with van der Waals surface area (Å²) in [7, 11) is 0. The van der Waals surface area contributed by atoms with Gasteiger partial charge in [0.25, 0.3) is 17.4 Å². The fraction of sp³-hybridized carbons (Fsp3) is 0.459. The lowest BCUT2D eigenvalue weighted by atomic mass is 9.81. The molecule has 0 radical (unpaired) electrons. The van der Waals surface area contributed by atoms with E-state index in [1.165, 1.54) is 10.6 Å². The Hall–Kier alpha value is -8.80. The van der Waals surface area contributed by atoms with Gasteiger partial charge in [0.05, 0.1) is 47.6 Å². The van der Waals surface area contributed by atoms with Crippen molar-refractivity contribution in [2.24, 2.45) is 0 Å². The maximum atomic E-state index is 15.4. The van der Waals surface area contributed by atoms with Gasteiger partial charge in [-0.3, -0.25) is 57.6 Å². The topological polar surface area (TPSA) is 325 Å². The van der Waals surface area contributed by atoms with Crippen LogP contribution in [0.3, 0.4) is 0 Å². The van der Waals surface area contributed by atoms with Gasteiger partial charge >= 0.3 is 11.9 Å². The number of imide groups is 1. The van der Waals surface area contributed by atoms with Gasteiger partial charge in [0, 0.05) is 92.8 Å². The number of benzene rings is 2. The number of Topliss-reactive ketones (excluding diaryl/α,β-unsaturated/α-hetero) is 2. The molecular weight excluding hydrogens is 1100 g/mol. The second kappa shape index (κ2) is 26.4. The van der Waals surface area contributed by atoms with Crippen LogP contribution in [0, 0.1) is 12.7 Å². The average Bonchev–Trinajstić information content (AvgIpc) is 2.03. The van der Waals surface area contributed by atoms with E-state index in [2.05, 4.69) is 26.6 Å². The number of nitrogens with zero attached hydrogens (tertiary/aromatic N) is 3. The van der Waals surface area contributed by atoms with Crippen LogP contribution in [0.4, 0.5) is 4.39 Å². The van der Waals surface area contributed by atoms with E-state index < -0.39 is 106 Å². The van der Waals surface area contributed by atoms with E-state index in [0.29, 0.717) is 51.8 Å². The van der Waals surface area contributed by atoms with E-state index in [-0.39, 0.29) is 114 Å². The predicted molar refractivity (Wildman–Crippen MR) is 302 cm³/mol. The van der Waals surface area contributed by atoms with Gasteiger partial charge in [-0.1, -0.05) is 37.3 Å². The second-order valence-corrected chi connectivity index (χ2v) is 22.6. The van der Waals surface area contributed by atoms with Crippen LogP contribution in [0.15, 0.2) is 59.4 Å². The summed E-state index contributed by atoms with van der Waals surface area (Å²) in [6.07, 6.45) is 1.26. The lowest BCUT2D eigenvalue weighted by molar-refractivity contribution is -0.172. The van der Waals surface area contributed by atoms with Crippen LogP contribution in [0.2, 0.25) is 0 Å². The van der Waals surface area contributed by atoms with Gasteiger partial charge in [-0.2, -0.15) is 0 Å². The van der Waals surface area contributed by atoms with Crippen molar-refractivity contribution in [3.63, 3.8) is 0 Å². The fourth-order valence-corrected chi connectivity index (χ4v) is 11.1. The fourth-order valence-electron chi connectivity index (χ4n) is 11.1. The van der Waals surface area contributed by atoms with Gasteiger partial charge in [0.2, 0.25) is 29.5 Å². The molecule has 23 nitrogen and oxygen atoms in total. The average molecular weight is 1170 g/mol. The molecule has 85 heavy (non-hydrogen) atoms. The number of hydrogen-bond acceptors (Lipinski definition) is 16. The number of aliphatic hydroxyl groups is 1. The molecule has 4 atom stereocenters. The molecule has 7 amide bonds. The van der Waals surface area contributed by atoms with Crippen LogP contribution in [0.25, 0.3) is 22.3 Å². The van der Waals surface area contributed by atoms with Crippen LogP contribution in [0.1, 0.15) is 143 Å². The lowest BCUT2D eigenvalue weighted by Crippen LogP contribution is -2.50. The number of nitrogens with one attached hydrogen (secondary N) is 5. The molecule has 0 bridgehead atoms. The summed E-state index contributed by atoms with van der Waals surface area (Å²) in [5.41, 5.74) is 1.30. The summed E-state index contributed by atoms with van der Waals surface area (Å²) in [4.78, 5) is 161. The first-order valence-electron chi connectivity index (χ1n) is 28.4. The minimum Gasteiger partial charge on any atom is -0.460 e.